The SMILES string of the molecule is CCc1ccc([O-])c(P(=O)(c2ccccc2)c2ccccc2)c1.[Na+]. The minimum atomic E-state index is -3.17. The van der Waals surface area contributed by atoms with E-state index in [1.165, 1.54) is 6.07 Å². The monoisotopic (exact) mass is 344 g/mol. The van der Waals surface area contributed by atoms with Gasteiger partial charge in [0.2, 0.25) is 0 Å². The Morgan fingerprint density at radius 3 is 1.79 bits per heavy atom. The molecule has 4 heteroatoms. The molecule has 0 heterocycles. The molecule has 0 bridgehead atoms. The van der Waals surface area contributed by atoms with Crippen molar-refractivity contribution in [3.8, 4) is 5.75 Å². The summed E-state index contributed by atoms with van der Waals surface area (Å²) >= 11 is 0. The molecule has 0 amide bonds. The van der Waals surface area contributed by atoms with Gasteiger partial charge in [0, 0.05) is 15.9 Å². The van der Waals surface area contributed by atoms with Gasteiger partial charge in [-0.25, -0.2) is 0 Å². The van der Waals surface area contributed by atoms with Crippen LogP contribution in [0.2, 0.25) is 0 Å². The Morgan fingerprint density at radius 1 is 0.833 bits per heavy atom. The Kier molecular flexibility index (Phi) is 6.48. The van der Waals surface area contributed by atoms with Crippen LogP contribution in [0, 0.1) is 0 Å². The average Bonchev–Trinajstić information content (AvgIpc) is 2.63. The normalized spacial score (nSPS) is 10.9. The summed E-state index contributed by atoms with van der Waals surface area (Å²) in [5, 5.41) is 14.3. The third-order valence-electron chi connectivity index (χ3n) is 4.01. The molecule has 3 aromatic carbocycles. The second kappa shape index (κ2) is 8.18. The predicted octanol–water partition coefficient (Wildman–Crippen LogP) is -0.0340. The van der Waals surface area contributed by atoms with Crippen LogP contribution in [-0.4, -0.2) is 0 Å². The molecule has 0 saturated heterocycles. The van der Waals surface area contributed by atoms with Crippen LogP contribution in [0.4, 0.5) is 0 Å². The first-order valence-electron chi connectivity index (χ1n) is 7.68. The maximum absolute atomic E-state index is 14.1. The summed E-state index contributed by atoms with van der Waals surface area (Å²) in [6.45, 7) is 2.03. The van der Waals surface area contributed by atoms with Gasteiger partial charge >= 0.3 is 29.6 Å². The van der Waals surface area contributed by atoms with Crippen molar-refractivity contribution in [2.75, 3.05) is 0 Å². The molecule has 0 atom stereocenters. The number of benzene rings is 3. The molecule has 2 nitrogen and oxygen atoms in total. The summed E-state index contributed by atoms with van der Waals surface area (Å²) in [7, 11) is -3.17. The van der Waals surface area contributed by atoms with Gasteiger partial charge in [0.1, 0.15) is 0 Å². The Morgan fingerprint density at radius 2 is 1.33 bits per heavy atom. The summed E-state index contributed by atoms with van der Waals surface area (Å²) < 4.78 is 14.1. The zero-order valence-electron chi connectivity index (χ0n) is 14.0. The van der Waals surface area contributed by atoms with E-state index in [-0.39, 0.29) is 35.3 Å². The molecule has 0 aliphatic carbocycles. The minimum Gasteiger partial charge on any atom is -0.872 e. The first-order valence-corrected chi connectivity index (χ1v) is 9.38. The van der Waals surface area contributed by atoms with E-state index in [0.717, 1.165) is 12.0 Å². The van der Waals surface area contributed by atoms with Crippen LogP contribution in [0.25, 0.3) is 0 Å². The number of rotatable bonds is 4. The fourth-order valence-electron chi connectivity index (χ4n) is 2.73. The molecular weight excluding hydrogens is 326 g/mol. The molecule has 24 heavy (non-hydrogen) atoms. The Hall–Kier alpha value is -1.31. The summed E-state index contributed by atoms with van der Waals surface area (Å²) in [5.74, 6) is -0.168. The molecule has 0 aliphatic heterocycles. The van der Waals surface area contributed by atoms with Gasteiger partial charge in [0.05, 0.1) is 0 Å². The van der Waals surface area contributed by atoms with Gasteiger partial charge in [-0.2, -0.15) is 0 Å². The van der Waals surface area contributed by atoms with Crippen LogP contribution >= 0.6 is 7.14 Å². The Balaban J connectivity index is 0.00000208. The third-order valence-corrected chi connectivity index (χ3v) is 7.09. The van der Waals surface area contributed by atoms with Gasteiger partial charge in [-0.05, 0) is 18.1 Å². The summed E-state index contributed by atoms with van der Waals surface area (Å²) in [4.78, 5) is 0. The average molecular weight is 344 g/mol. The predicted molar refractivity (Wildman–Crippen MR) is 94.7 cm³/mol. The smallest absolute Gasteiger partial charge is 0.872 e. The molecule has 0 saturated carbocycles. The quantitative estimate of drug-likeness (QED) is 0.493. The molecule has 116 valence electrons. The van der Waals surface area contributed by atoms with Crippen molar-refractivity contribution >= 4 is 23.1 Å². The summed E-state index contributed by atoms with van der Waals surface area (Å²) in [5.41, 5.74) is 1.02. The molecule has 0 aliphatic rings. The minimum absolute atomic E-state index is 0. The molecule has 3 aromatic rings. The van der Waals surface area contributed by atoms with Crippen molar-refractivity contribution < 1.29 is 39.2 Å². The second-order valence-corrected chi connectivity index (χ2v) is 8.17. The topological polar surface area (TPSA) is 40.1 Å². The van der Waals surface area contributed by atoms with Crippen molar-refractivity contribution in [2.45, 2.75) is 13.3 Å². The van der Waals surface area contributed by atoms with Gasteiger partial charge in [-0.1, -0.05) is 85.5 Å². The van der Waals surface area contributed by atoms with Crippen LogP contribution < -0.4 is 50.6 Å². The molecular formula is C20H18NaO2P. The van der Waals surface area contributed by atoms with Crippen LogP contribution in [0.3, 0.4) is 0 Å². The Bertz CT molecular complexity index is 805. The molecule has 3 rings (SSSR count). The van der Waals surface area contributed by atoms with E-state index in [1.54, 1.807) is 0 Å². The van der Waals surface area contributed by atoms with Crippen molar-refractivity contribution in [1.82, 2.24) is 0 Å². The maximum Gasteiger partial charge on any atom is 1.00 e. The number of aryl methyl sites for hydroxylation is 1. The van der Waals surface area contributed by atoms with Gasteiger partial charge in [0.25, 0.3) is 0 Å². The van der Waals surface area contributed by atoms with Crippen LogP contribution in [0.1, 0.15) is 12.5 Å². The van der Waals surface area contributed by atoms with Crippen LogP contribution in [-0.2, 0) is 11.0 Å². The van der Waals surface area contributed by atoms with Crippen molar-refractivity contribution in [1.29, 1.82) is 0 Å². The fraction of sp³-hybridized carbons (Fsp3) is 0.100. The van der Waals surface area contributed by atoms with E-state index in [2.05, 4.69) is 0 Å². The zero-order valence-corrected chi connectivity index (χ0v) is 16.9. The zero-order chi connectivity index (χ0) is 16.3. The Labute approximate surface area is 165 Å². The van der Waals surface area contributed by atoms with Crippen LogP contribution in [0.5, 0.6) is 5.75 Å². The van der Waals surface area contributed by atoms with Crippen molar-refractivity contribution in [2.24, 2.45) is 0 Å². The van der Waals surface area contributed by atoms with Crippen LogP contribution in [0.15, 0.2) is 78.9 Å². The molecule has 0 unspecified atom stereocenters. The van der Waals surface area contributed by atoms with Gasteiger partial charge < -0.3 is 9.67 Å². The van der Waals surface area contributed by atoms with Gasteiger partial charge in [0.15, 0.2) is 7.14 Å². The van der Waals surface area contributed by atoms with E-state index in [9.17, 15) is 9.67 Å². The number of hydrogen-bond acceptors (Lipinski definition) is 2. The third kappa shape index (κ3) is 3.53. The van der Waals surface area contributed by atoms with Gasteiger partial charge in [-0.15, -0.1) is 0 Å². The van der Waals surface area contributed by atoms with Crippen molar-refractivity contribution in [3.05, 3.63) is 84.4 Å². The van der Waals surface area contributed by atoms with E-state index in [0.29, 0.717) is 15.9 Å². The van der Waals surface area contributed by atoms with Crippen molar-refractivity contribution in [3.63, 3.8) is 0 Å². The molecule has 0 N–H and O–H groups in total. The maximum atomic E-state index is 14.1. The summed E-state index contributed by atoms with van der Waals surface area (Å²) in [6.07, 6.45) is 0.802. The molecule has 0 fully saturated rings. The summed E-state index contributed by atoms with van der Waals surface area (Å²) in [6, 6.07) is 23.7. The van der Waals surface area contributed by atoms with Gasteiger partial charge in [-0.3, -0.25) is 0 Å². The molecule has 0 spiro atoms. The van der Waals surface area contributed by atoms with E-state index in [4.69, 9.17) is 0 Å². The fourth-order valence-corrected chi connectivity index (χ4v) is 5.50. The first-order chi connectivity index (χ1) is 11.2. The van der Waals surface area contributed by atoms with E-state index in [1.807, 2.05) is 79.7 Å². The van der Waals surface area contributed by atoms with E-state index >= 15 is 0 Å². The van der Waals surface area contributed by atoms with E-state index < -0.39 is 7.14 Å². The molecule has 0 aromatic heterocycles. The number of hydrogen-bond donors (Lipinski definition) is 0. The largest absolute Gasteiger partial charge is 1.00 e. The first kappa shape index (κ1) is 19.0. The standard InChI is InChI=1S/C20H19O2P.Na/c1-2-16-13-14-19(21)20(15-16)23(22,17-9-5-3-6-10-17)18-11-7-4-8-12-18;/h3-15,21H,2H2,1H3;/q;+1/p-1. The second-order valence-electron chi connectivity index (χ2n) is 5.44. The molecule has 0 radical (unpaired) electrons.